The maximum atomic E-state index is 11.6. The van der Waals surface area contributed by atoms with E-state index in [1.165, 1.54) is 6.08 Å². The number of amides is 1. The van der Waals surface area contributed by atoms with Crippen molar-refractivity contribution in [2.24, 2.45) is 0 Å². The molecule has 1 aliphatic rings. The van der Waals surface area contributed by atoms with Gasteiger partial charge in [0.15, 0.2) is 0 Å². The second kappa shape index (κ2) is 7.03. The third-order valence-electron chi connectivity index (χ3n) is 2.61. The number of nitrogens with one attached hydrogen (secondary N) is 2. The second-order valence-electron chi connectivity index (χ2n) is 4.01. The van der Waals surface area contributed by atoms with Crippen LogP contribution in [0.25, 0.3) is 0 Å². The van der Waals surface area contributed by atoms with E-state index in [0.717, 1.165) is 26.2 Å². The molecule has 6 heteroatoms. The summed E-state index contributed by atoms with van der Waals surface area (Å²) >= 11 is 0. The van der Waals surface area contributed by atoms with Crippen molar-refractivity contribution in [3.8, 4) is 0 Å². The van der Waals surface area contributed by atoms with Gasteiger partial charge in [-0.2, -0.15) is 0 Å². The summed E-state index contributed by atoms with van der Waals surface area (Å²) in [5, 5.41) is 14.6. The lowest BCUT2D eigenvalue weighted by Crippen LogP contribution is -2.50. The Kier molecular flexibility index (Phi) is 5.65. The van der Waals surface area contributed by atoms with Crippen molar-refractivity contribution in [2.45, 2.75) is 12.5 Å². The molecule has 0 aliphatic carbocycles. The Morgan fingerprint density at radius 3 is 2.65 bits per heavy atom. The number of carbonyl (C=O) groups is 2. The number of rotatable bonds is 6. The molecule has 1 saturated heterocycles. The van der Waals surface area contributed by atoms with Gasteiger partial charge in [-0.15, -0.1) is 6.58 Å². The third kappa shape index (κ3) is 4.97. The van der Waals surface area contributed by atoms with Gasteiger partial charge in [-0.05, 0) is 6.42 Å². The van der Waals surface area contributed by atoms with E-state index in [4.69, 9.17) is 5.11 Å². The van der Waals surface area contributed by atoms with Crippen molar-refractivity contribution in [1.29, 1.82) is 0 Å². The number of aliphatic carboxylic acids is 1. The first-order valence-corrected chi connectivity index (χ1v) is 5.69. The fourth-order valence-corrected chi connectivity index (χ4v) is 1.70. The van der Waals surface area contributed by atoms with E-state index in [-0.39, 0.29) is 18.9 Å². The number of nitrogens with zero attached hydrogens (tertiary/aromatic N) is 1. The highest BCUT2D eigenvalue weighted by atomic mass is 16.4. The van der Waals surface area contributed by atoms with E-state index in [0.29, 0.717) is 0 Å². The highest BCUT2D eigenvalue weighted by Gasteiger charge is 2.20. The van der Waals surface area contributed by atoms with Crippen molar-refractivity contribution in [3.63, 3.8) is 0 Å². The van der Waals surface area contributed by atoms with Gasteiger partial charge >= 0.3 is 5.97 Å². The Morgan fingerprint density at radius 2 is 2.12 bits per heavy atom. The molecule has 17 heavy (non-hydrogen) atoms. The summed E-state index contributed by atoms with van der Waals surface area (Å²) in [5.41, 5.74) is 0. The SMILES string of the molecule is C=CCC(NC(=O)CN1CCNCC1)C(=O)O. The Hall–Kier alpha value is -1.40. The zero-order valence-corrected chi connectivity index (χ0v) is 9.82. The topological polar surface area (TPSA) is 81.7 Å². The minimum Gasteiger partial charge on any atom is -0.480 e. The average Bonchev–Trinajstić information content (AvgIpc) is 2.29. The van der Waals surface area contributed by atoms with Gasteiger partial charge in [-0.25, -0.2) is 4.79 Å². The minimum atomic E-state index is -1.03. The van der Waals surface area contributed by atoms with E-state index in [9.17, 15) is 9.59 Å². The molecule has 3 N–H and O–H groups in total. The summed E-state index contributed by atoms with van der Waals surface area (Å²) < 4.78 is 0. The molecular weight excluding hydrogens is 222 g/mol. The Labute approximate surface area is 101 Å². The average molecular weight is 241 g/mol. The van der Waals surface area contributed by atoms with Crippen LogP contribution in [-0.2, 0) is 9.59 Å². The normalized spacial score (nSPS) is 18.4. The zero-order chi connectivity index (χ0) is 12.7. The molecule has 1 rings (SSSR count). The number of carbonyl (C=O) groups excluding carboxylic acids is 1. The lowest BCUT2D eigenvalue weighted by molar-refractivity contribution is -0.141. The molecule has 0 aromatic rings. The maximum absolute atomic E-state index is 11.6. The third-order valence-corrected chi connectivity index (χ3v) is 2.61. The van der Waals surface area contributed by atoms with Gasteiger partial charge in [0.2, 0.25) is 5.91 Å². The number of piperazine rings is 1. The molecule has 96 valence electrons. The predicted octanol–water partition coefficient (Wildman–Crippen LogP) is -0.963. The number of carboxylic acid groups (broad SMARTS) is 1. The fourth-order valence-electron chi connectivity index (χ4n) is 1.70. The van der Waals surface area contributed by atoms with Crippen molar-refractivity contribution < 1.29 is 14.7 Å². The van der Waals surface area contributed by atoms with Crippen molar-refractivity contribution in [1.82, 2.24) is 15.5 Å². The summed E-state index contributed by atoms with van der Waals surface area (Å²) in [5.74, 6) is -1.28. The van der Waals surface area contributed by atoms with E-state index in [2.05, 4.69) is 17.2 Å². The molecule has 6 nitrogen and oxygen atoms in total. The monoisotopic (exact) mass is 241 g/mol. The molecule has 0 spiro atoms. The molecule has 0 radical (unpaired) electrons. The fraction of sp³-hybridized carbons (Fsp3) is 0.636. The molecule has 0 aromatic carbocycles. The quantitative estimate of drug-likeness (QED) is 0.522. The van der Waals surface area contributed by atoms with Crippen LogP contribution in [0.3, 0.4) is 0 Å². The maximum Gasteiger partial charge on any atom is 0.326 e. The summed E-state index contributed by atoms with van der Waals surface area (Å²) in [4.78, 5) is 24.5. The van der Waals surface area contributed by atoms with E-state index in [1.54, 1.807) is 0 Å². The van der Waals surface area contributed by atoms with Crippen LogP contribution in [0.4, 0.5) is 0 Å². The molecule has 0 saturated carbocycles. The van der Waals surface area contributed by atoms with Crippen LogP contribution in [-0.4, -0.2) is 60.6 Å². The minimum absolute atomic E-state index is 0.239. The molecule has 0 aromatic heterocycles. The van der Waals surface area contributed by atoms with Gasteiger partial charge in [0.1, 0.15) is 6.04 Å². The summed E-state index contributed by atoms with van der Waals surface area (Å²) in [6.45, 7) is 7.08. The molecule has 1 aliphatic heterocycles. The second-order valence-corrected chi connectivity index (χ2v) is 4.01. The molecular formula is C11H19N3O3. The molecule has 1 fully saturated rings. The Balaban J connectivity index is 2.35. The van der Waals surface area contributed by atoms with Crippen LogP contribution in [0.15, 0.2) is 12.7 Å². The van der Waals surface area contributed by atoms with Crippen LogP contribution in [0.1, 0.15) is 6.42 Å². The van der Waals surface area contributed by atoms with Gasteiger partial charge in [0, 0.05) is 26.2 Å². The van der Waals surface area contributed by atoms with E-state index < -0.39 is 12.0 Å². The lowest BCUT2D eigenvalue weighted by atomic mass is 10.2. The summed E-state index contributed by atoms with van der Waals surface area (Å²) in [6.07, 6.45) is 1.73. The highest BCUT2D eigenvalue weighted by Crippen LogP contribution is 1.95. The van der Waals surface area contributed by atoms with Crippen molar-refractivity contribution in [3.05, 3.63) is 12.7 Å². The Bertz CT molecular complexity index is 288. The van der Waals surface area contributed by atoms with Gasteiger partial charge in [0.05, 0.1) is 6.54 Å². The molecule has 0 bridgehead atoms. The standard InChI is InChI=1S/C11H19N3O3/c1-2-3-9(11(16)17)13-10(15)8-14-6-4-12-5-7-14/h2,9,12H,1,3-8H2,(H,13,15)(H,16,17). The van der Waals surface area contributed by atoms with Crippen LogP contribution in [0.5, 0.6) is 0 Å². The first-order chi connectivity index (χ1) is 8.13. The van der Waals surface area contributed by atoms with Gasteiger partial charge in [0.25, 0.3) is 0 Å². The van der Waals surface area contributed by atoms with Crippen LogP contribution in [0.2, 0.25) is 0 Å². The van der Waals surface area contributed by atoms with Crippen LogP contribution >= 0.6 is 0 Å². The van der Waals surface area contributed by atoms with Crippen molar-refractivity contribution in [2.75, 3.05) is 32.7 Å². The predicted molar refractivity (Wildman–Crippen MR) is 63.7 cm³/mol. The summed E-state index contributed by atoms with van der Waals surface area (Å²) in [7, 11) is 0. The molecule has 1 amide bonds. The lowest BCUT2D eigenvalue weighted by Gasteiger charge is -2.26. The first kappa shape index (κ1) is 13.7. The molecule has 1 atom stereocenters. The largest absolute Gasteiger partial charge is 0.480 e. The van der Waals surface area contributed by atoms with E-state index >= 15 is 0 Å². The van der Waals surface area contributed by atoms with E-state index in [1.807, 2.05) is 4.90 Å². The first-order valence-electron chi connectivity index (χ1n) is 5.69. The zero-order valence-electron chi connectivity index (χ0n) is 9.82. The van der Waals surface area contributed by atoms with Gasteiger partial charge < -0.3 is 15.7 Å². The molecule has 1 heterocycles. The number of hydrogen-bond acceptors (Lipinski definition) is 4. The number of hydrogen-bond donors (Lipinski definition) is 3. The number of carboxylic acids is 1. The van der Waals surface area contributed by atoms with Gasteiger partial charge in [-0.3, -0.25) is 9.69 Å². The molecule has 1 unspecified atom stereocenters. The smallest absolute Gasteiger partial charge is 0.326 e. The highest BCUT2D eigenvalue weighted by molar-refractivity contribution is 5.84. The van der Waals surface area contributed by atoms with Crippen LogP contribution < -0.4 is 10.6 Å². The van der Waals surface area contributed by atoms with Crippen LogP contribution in [0, 0.1) is 0 Å². The van der Waals surface area contributed by atoms with Crippen molar-refractivity contribution >= 4 is 11.9 Å². The summed E-state index contributed by atoms with van der Waals surface area (Å²) in [6, 6.07) is -0.872. The van der Waals surface area contributed by atoms with Gasteiger partial charge in [-0.1, -0.05) is 6.08 Å². The Morgan fingerprint density at radius 1 is 1.47 bits per heavy atom.